The van der Waals surface area contributed by atoms with E-state index < -0.39 is 11.7 Å². The highest BCUT2D eigenvalue weighted by Crippen LogP contribution is 2.24. The van der Waals surface area contributed by atoms with Gasteiger partial charge in [0.1, 0.15) is 10.4 Å². The highest BCUT2D eigenvalue weighted by atomic mass is 79.9. The largest absolute Gasteiger partial charge is 0.337 e. The van der Waals surface area contributed by atoms with E-state index in [-0.39, 0.29) is 16.5 Å². The van der Waals surface area contributed by atoms with E-state index in [4.69, 9.17) is 11.6 Å². The van der Waals surface area contributed by atoms with Crippen LogP contribution in [0.25, 0.3) is 5.65 Å². The molecule has 0 fully saturated rings. The molecule has 0 aliphatic heterocycles. The number of anilines is 3. The maximum atomic E-state index is 13.8. The number of hydrogen-bond donors (Lipinski definition) is 2. The summed E-state index contributed by atoms with van der Waals surface area (Å²) < 4.78 is 15.7. The molecule has 0 aromatic carbocycles. The summed E-state index contributed by atoms with van der Waals surface area (Å²) in [6, 6.07) is 8.28. The van der Waals surface area contributed by atoms with Gasteiger partial charge in [-0.1, -0.05) is 17.7 Å². The zero-order chi connectivity index (χ0) is 19.7. The number of pyridine rings is 2. The molecule has 0 aliphatic rings. The van der Waals surface area contributed by atoms with Crippen molar-refractivity contribution in [2.24, 2.45) is 0 Å². The van der Waals surface area contributed by atoms with E-state index in [0.29, 0.717) is 21.8 Å². The number of rotatable bonds is 4. The summed E-state index contributed by atoms with van der Waals surface area (Å²) >= 11 is 9.41. The van der Waals surface area contributed by atoms with Crippen LogP contribution in [0.4, 0.5) is 21.6 Å². The SMILES string of the molecule is O=C(Nc1ccncc1F)c1cnc2c(Nc3cccc(Br)n3)cc(Cl)nn12. The molecule has 0 radical (unpaired) electrons. The van der Waals surface area contributed by atoms with Crippen LogP contribution in [0.15, 0.2) is 53.5 Å². The molecule has 0 bridgehead atoms. The molecular formula is C17H10BrClFN7O. The maximum Gasteiger partial charge on any atom is 0.276 e. The van der Waals surface area contributed by atoms with E-state index >= 15 is 0 Å². The summed E-state index contributed by atoms with van der Waals surface area (Å²) in [5.41, 5.74) is 0.930. The van der Waals surface area contributed by atoms with Gasteiger partial charge in [-0.05, 0) is 34.1 Å². The summed E-state index contributed by atoms with van der Waals surface area (Å²) in [4.78, 5) is 24.8. The molecule has 4 heterocycles. The van der Waals surface area contributed by atoms with Crippen molar-refractivity contribution < 1.29 is 9.18 Å². The number of aromatic nitrogens is 5. The smallest absolute Gasteiger partial charge is 0.276 e. The number of carbonyl (C=O) groups is 1. The average Bonchev–Trinajstić information content (AvgIpc) is 3.07. The van der Waals surface area contributed by atoms with Crippen molar-refractivity contribution >= 4 is 56.3 Å². The Hall–Kier alpha value is -3.11. The number of hydrogen-bond acceptors (Lipinski definition) is 6. The van der Waals surface area contributed by atoms with Gasteiger partial charge in [0.15, 0.2) is 22.3 Å². The number of fused-ring (bicyclic) bond motifs is 1. The highest BCUT2D eigenvalue weighted by molar-refractivity contribution is 9.10. The van der Waals surface area contributed by atoms with Gasteiger partial charge in [-0.2, -0.15) is 5.10 Å². The van der Waals surface area contributed by atoms with Crippen LogP contribution in [0.2, 0.25) is 5.15 Å². The second-order valence-electron chi connectivity index (χ2n) is 5.54. The normalized spacial score (nSPS) is 10.8. The van der Waals surface area contributed by atoms with Gasteiger partial charge in [0, 0.05) is 12.3 Å². The molecule has 0 saturated carbocycles. The fourth-order valence-electron chi connectivity index (χ4n) is 2.46. The number of halogens is 3. The standard InChI is InChI=1S/C17H10BrClFN7O/c18-13-2-1-3-15(25-13)23-11-6-14(19)26-27-12(8-22-16(11)27)17(28)24-10-4-5-21-7-9(10)20/h1-8H,(H,23,25)(H,21,24,28). The molecule has 0 unspecified atom stereocenters. The van der Waals surface area contributed by atoms with Crippen LogP contribution in [0, 0.1) is 5.82 Å². The molecule has 8 nitrogen and oxygen atoms in total. The molecule has 0 saturated heterocycles. The number of imidazole rings is 1. The van der Waals surface area contributed by atoms with Gasteiger partial charge in [0.05, 0.1) is 23.8 Å². The molecule has 140 valence electrons. The van der Waals surface area contributed by atoms with Crippen molar-refractivity contribution in [1.82, 2.24) is 24.6 Å². The van der Waals surface area contributed by atoms with Crippen LogP contribution in [-0.4, -0.2) is 30.5 Å². The fourth-order valence-corrected chi connectivity index (χ4v) is 2.99. The minimum Gasteiger partial charge on any atom is -0.337 e. The molecule has 4 aromatic rings. The van der Waals surface area contributed by atoms with E-state index in [1.54, 1.807) is 18.2 Å². The molecule has 28 heavy (non-hydrogen) atoms. The Morgan fingerprint density at radius 3 is 2.86 bits per heavy atom. The molecule has 4 rings (SSSR count). The van der Waals surface area contributed by atoms with Gasteiger partial charge in [-0.3, -0.25) is 9.78 Å². The van der Waals surface area contributed by atoms with E-state index in [9.17, 15) is 9.18 Å². The first-order chi connectivity index (χ1) is 13.5. The summed E-state index contributed by atoms with van der Waals surface area (Å²) in [7, 11) is 0. The quantitative estimate of drug-likeness (QED) is 0.444. The van der Waals surface area contributed by atoms with Crippen molar-refractivity contribution in [3.63, 3.8) is 0 Å². The summed E-state index contributed by atoms with van der Waals surface area (Å²) in [6.07, 6.45) is 3.70. The molecule has 1 amide bonds. The molecule has 11 heteroatoms. The van der Waals surface area contributed by atoms with Crippen molar-refractivity contribution in [1.29, 1.82) is 0 Å². The Morgan fingerprint density at radius 2 is 2.07 bits per heavy atom. The Bertz CT molecular complexity index is 1200. The third kappa shape index (κ3) is 3.64. The number of carbonyl (C=O) groups excluding carboxylic acids is 1. The van der Waals surface area contributed by atoms with E-state index in [1.807, 2.05) is 6.07 Å². The Labute approximate surface area is 170 Å². The first-order valence-electron chi connectivity index (χ1n) is 7.86. The number of nitrogens with one attached hydrogen (secondary N) is 2. The first kappa shape index (κ1) is 18.3. The lowest BCUT2D eigenvalue weighted by Crippen LogP contribution is -2.16. The lowest BCUT2D eigenvalue weighted by Gasteiger charge is -2.09. The number of amides is 1. The number of nitrogens with zero attached hydrogens (tertiary/aromatic N) is 5. The van der Waals surface area contributed by atoms with Crippen LogP contribution in [0.1, 0.15) is 10.5 Å². The van der Waals surface area contributed by atoms with Crippen LogP contribution in [0.3, 0.4) is 0 Å². The summed E-state index contributed by atoms with van der Waals surface area (Å²) in [6.45, 7) is 0. The maximum absolute atomic E-state index is 13.8. The summed E-state index contributed by atoms with van der Waals surface area (Å²) in [5.74, 6) is -0.705. The van der Waals surface area contributed by atoms with Crippen LogP contribution < -0.4 is 10.6 Å². The second-order valence-corrected chi connectivity index (χ2v) is 6.74. The van der Waals surface area contributed by atoms with E-state index in [0.717, 1.165) is 6.20 Å². The van der Waals surface area contributed by atoms with Crippen molar-refractivity contribution in [2.75, 3.05) is 10.6 Å². The third-order valence-corrected chi connectivity index (χ3v) is 4.30. The van der Waals surface area contributed by atoms with E-state index in [2.05, 4.69) is 46.6 Å². The predicted octanol–water partition coefficient (Wildman–Crippen LogP) is 4.07. The first-order valence-corrected chi connectivity index (χ1v) is 9.03. The van der Waals surface area contributed by atoms with Crippen molar-refractivity contribution in [3.8, 4) is 0 Å². The molecular weight excluding hydrogens is 453 g/mol. The molecule has 4 aromatic heterocycles. The molecule has 0 atom stereocenters. The van der Waals surface area contributed by atoms with Gasteiger partial charge < -0.3 is 10.6 Å². The lowest BCUT2D eigenvalue weighted by atomic mass is 10.3. The van der Waals surface area contributed by atoms with Gasteiger partial charge >= 0.3 is 0 Å². The predicted molar refractivity (Wildman–Crippen MR) is 105 cm³/mol. The van der Waals surface area contributed by atoms with Crippen LogP contribution in [0.5, 0.6) is 0 Å². The molecule has 0 aliphatic carbocycles. The molecule has 2 N–H and O–H groups in total. The monoisotopic (exact) mass is 461 g/mol. The fraction of sp³-hybridized carbons (Fsp3) is 0. The van der Waals surface area contributed by atoms with Crippen LogP contribution in [-0.2, 0) is 0 Å². The van der Waals surface area contributed by atoms with Crippen molar-refractivity contribution in [2.45, 2.75) is 0 Å². The zero-order valence-corrected chi connectivity index (χ0v) is 16.2. The highest BCUT2D eigenvalue weighted by Gasteiger charge is 2.18. The molecule has 0 spiro atoms. The minimum absolute atomic E-state index is 0.00587. The van der Waals surface area contributed by atoms with Gasteiger partial charge in [-0.15, -0.1) is 0 Å². The lowest BCUT2D eigenvalue weighted by molar-refractivity contribution is 0.102. The van der Waals surface area contributed by atoms with Crippen LogP contribution >= 0.6 is 27.5 Å². The Balaban J connectivity index is 1.71. The third-order valence-electron chi connectivity index (χ3n) is 3.67. The Kier molecular flexibility index (Phi) is 4.88. The second kappa shape index (κ2) is 7.49. The topological polar surface area (TPSA) is 97.1 Å². The minimum atomic E-state index is -0.654. The van der Waals surface area contributed by atoms with E-state index in [1.165, 1.54) is 23.0 Å². The average molecular weight is 463 g/mol. The summed E-state index contributed by atoms with van der Waals surface area (Å²) in [5, 5.41) is 9.81. The van der Waals surface area contributed by atoms with Gasteiger partial charge in [-0.25, -0.2) is 18.9 Å². The van der Waals surface area contributed by atoms with Crippen molar-refractivity contribution in [3.05, 3.63) is 70.2 Å². The Morgan fingerprint density at radius 1 is 1.21 bits per heavy atom. The van der Waals surface area contributed by atoms with Gasteiger partial charge in [0.25, 0.3) is 5.91 Å². The zero-order valence-electron chi connectivity index (χ0n) is 13.9. The van der Waals surface area contributed by atoms with Gasteiger partial charge in [0.2, 0.25) is 0 Å².